The molecule has 7 nitrogen and oxygen atoms in total. The molecule has 1 aliphatic rings. The van der Waals surface area contributed by atoms with Gasteiger partial charge in [-0.15, -0.1) is 5.10 Å². The van der Waals surface area contributed by atoms with E-state index in [9.17, 15) is 5.11 Å². The Balaban J connectivity index is 1.74. The Morgan fingerprint density at radius 3 is 2.81 bits per heavy atom. The number of nitrogens with zero attached hydrogens (tertiary/aromatic N) is 4. The lowest BCUT2D eigenvalue weighted by Crippen LogP contribution is -2.42. The van der Waals surface area contributed by atoms with E-state index in [1.54, 1.807) is 12.3 Å². The lowest BCUT2D eigenvalue weighted by Gasteiger charge is -2.38. The Morgan fingerprint density at radius 1 is 1.38 bits per heavy atom. The second-order valence-corrected chi connectivity index (χ2v) is 5.92. The fourth-order valence-corrected chi connectivity index (χ4v) is 2.53. The fraction of sp³-hybridized carbons (Fsp3) is 0.500. The predicted octanol–water partition coefficient (Wildman–Crippen LogP) is 1.14. The van der Waals surface area contributed by atoms with Crippen LogP contribution < -0.4 is 10.6 Å². The Labute approximate surface area is 123 Å². The van der Waals surface area contributed by atoms with Gasteiger partial charge in [0.15, 0.2) is 5.82 Å². The SMILES string of the molecule is CC1(CN)CCN(c2n[nH]c(-c3cncc(O)c3)n2)CC1. The van der Waals surface area contributed by atoms with Crippen LogP contribution in [0.4, 0.5) is 5.95 Å². The van der Waals surface area contributed by atoms with Gasteiger partial charge in [-0.3, -0.25) is 10.1 Å². The third-order valence-electron chi connectivity index (χ3n) is 4.22. The molecule has 0 bridgehead atoms. The van der Waals surface area contributed by atoms with Crippen LogP contribution in [0.1, 0.15) is 19.8 Å². The molecule has 1 aliphatic heterocycles. The predicted molar refractivity (Wildman–Crippen MR) is 79.9 cm³/mol. The molecule has 0 aromatic carbocycles. The van der Waals surface area contributed by atoms with E-state index in [-0.39, 0.29) is 11.2 Å². The number of anilines is 1. The average Bonchev–Trinajstić information content (AvgIpc) is 2.98. The summed E-state index contributed by atoms with van der Waals surface area (Å²) in [6.45, 7) is 4.76. The van der Waals surface area contributed by atoms with Gasteiger partial charge in [0, 0.05) is 24.8 Å². The number of hydrogen-bond acceptors (Lipinski definition) is 6. The lowest BCUT2D eigenvalue weighted by molar-refractivity contribution is 0.257. The van der Waals surface area contributed by atoms with E-state index in [1.165, 1.54) is 6.20 Å². The van der Waals surface area contributed by atoms with E-state index in [1.807, 2.05) is 0 Å². The first-order valence-electron chi connectivity index (χ1n) is 7.11. The summed E-state index contributed by atoms with van der Waals surface area (Å²) in [5, 5.41) is 16.6. The monoisotopic (exact) mass is 288 g/mol. The Hall–Kier alpha value is -2.15. The number of nitrogens with two attached hydrogens (primary N) is 1. The molecule has 4 N–H and O–H groups in total. The maximum atomic E-state index is 9.47. The van der Waals surface area contributed by atoms with Crippen LogP contribution in [0.25, 0.3) is 11.4 Å². The van der Waals surface area contributed by atoms with Crippen molar-refractivity contribution in [2.45, 2.75) is 19.8 Å². The summed E-state index contributed by atoms with van der Waals surface area (Å²) in [7, 11) is 0. The van der Waals surface area contributed by atoms with E-state index < -0.39 is 0 Å². The first kappa shape index (κ1) is 13.8. The van der Waals surface area contributed by atoms with E-state index in [0.29, 0.717) is 11.8 Å². The highest BCUT2D eigenvalue weighted by molar-refractivity contribution is 5.56. The van der Waals surface area contributed by atoms with Gasteiger partial charge in [0.2, 0.25) is 5.95 Å². The second-order valence-electron chi connectivity index (χ2n) is 5.92. The highest BCUT2D eigenvalue weighted by atomic mass is 16.3. The number of H-pyrrole nitrogens is 1. The molecule has 1 fully saturated rings. The first-order valence-corrected chi connectivity index (χ1v) is 7.11. The molecule has 3 rings (SSSR count). The molecule has 0 unspecified atom stereocenters. The van der Waals surface area contributed by atoms with Gasteiger partial charge >= 0.3 is 0 Å². The minimum Gasteiger partial charge on any atom is -0.506 e. The number of aromatic amines is 1. The molecule has 1 saturated heterocycles. The first-order chi connectivity index (χ1) is 10.1. The molecule has 0 amide bonds. The maximum absolute atomic E-state index is 9.47. The van der Waals surface area contributed by atoms with Crippen molar-refractivity contribution in [2.75, 3.05) is 24.5 Å². The van der Waals surface area contributed by atoms with Crippen LogP contribution >= 0.6 is 0 Å². The summed E-state index contributed by atoms with van der Waals surface area (Å²) in [6, 6.07) is 1.61. The van der Waals surface area contributed by atoms with Gasteiger partial charge in [-0.2, -0.15) is 4.98 Å². The number of piperidine rings is 1. The van der Waals surface area contributed by atoms with Crippen molar-refractivity contribution in [1.29, 1.82) is 0 Å². The van der Waals surface area contributed by atoms with Crippen molar-refractivity contribution in [3.05, 3.63) is 18.5 Å². The summed E-state index contributed by atoms with van der Waals surface area (Å²) in [5.41, 5.74) is 6.78. The van der Waals surface area contributed by atoms with Crippen LogP contribution in [0.2, 0.25) is 0 Å². The average molecular weight is 288 g/mol. The van der Waals surface area contributed by atoms with Crippen LogP contribution in [0.5, 0.6) is 5.75 Å². The lowest BCUT2D eigenvalue weighted by atomic mass is 9.81. The topological polar surface area (TPSA) is 104 Å². The Bertz CT molecular complexity index is 617. The largest absolute Gasteiger partial charge is 0.506 e. The molecule has 0 saturated carbocycles. The van der Waals surface area contributed by atoms with Crippen LogP contribution in [0.3, 0.4) is 0 Å². The Kier molecular flexibility index (Phi) is 3.50. The molecule has 0 aliphatic carbocycles. The van der Waals surface area contributed by atoms with E-state index in [4.69, 9.17) is 5.73 Å². The molecule has 0 spiro atoms. The van der Waals surface area contributed by atoms with Gasteiger partial charge in [0.25, 0.3) is 0 Å². The van der Waals surface area contributed by atoms with Gasteiger partial charge < -0.3 is 15.7 Å². The number of pyridine rings is 1. The quantitative estimate of drug-likeness (QED) is 0.782. The van der Waals surface area contributed by atoms with Crippen molar-refractivity contribution in [2.24, 2.45) is 11.1 Å². The normalized spacial score (nSPS) is 17.9. The van der Waals surface area contributed by atoms with Crippen molar-refractivity contribution in [1.82, 2.24) is 20.2 Å². The van der Waals surface area contributed by atoms with Crippen molar-refractivity contribution < 1.29 is 5.11 Å². The molecule has 2 aromatic rings. The van der Waals surface area contributed by atoms with Crippen LogP contribution in [-0.2, 0) is 0 Å². The zero-order valence-corrected chi connectivity index (χ0v) is 12.1. The number of rotatable bonds is 3. The summed E-state index contributed by atoms with van der Waals surface area (Å²) in [4.78, 5) is 10.6. The van der Waals surface area contributed by atoms with E-state index in [2.05, 4.69) is 32.0 Å². The summed E-state index contributed by atoms with van der Waals surface area (Å²) >= 11 is 0. The fourth-order valence-electron chi connectivity index (χ4n) is 2.53. The van der Waals surface area contributed by atoms with Gasteiger partial charge in [0.1, 0.15) is 5.75 Å². The third-order valence-corrected chi connectivity index (χ3v) is 4.22. The molecule has 3 heterocycles. The standard InChI is InChI=1S/C14H20N6O/c1-14(9-15)2-4-20(5-3-14)13-17-12(18-19-13)10-6-11(21)8-16-7-10/h6-8,21H,2-5,9,15H2,1H3,(H,17,18,19). The van der Waals surface area contributed by atoms with Crippen LogP contribution in [0, 0.1) is 5.41 Å². The zero-order chi connectivity index (χ0) is 14.9. The highest BCUT2D eigenvalue weighted by Crippen LogP contribution is 2.31. The summed E-state index contributed by atoms with van der Waals surface area (Å²) in [6.07, 6.45) is 5.12. The molecule has 21 heavy (non-hydrogen) atoms. The molecule has 2 aromatic heterocycles. The smallest absolute Gasteiger partial charge is 0.245 e. The second kappa shape index (κ2) is 5.33. The third kappa shape index (κ3) is 2.82. The summed E-state index contributed by atoms with van der Waals surface area (Å²) in [5.74, 6) is 1.41. The van der Waals surface area contributed by atoms with Crippen LogP contribution in [-0.4, -0.2) is 44.9 Å². The van der Waals surface area contributed by atoms with Gasteiger partial charge in [-0.05, 0) is 30.9 Å². The minimum absolute atomic E-state index is 0.113. The van der Waals surface area contributed by atoms with Crippen LogP contribution in [0.15, 0.2) is 18.5 Å². The van der Waals surface area contributed by atoms with Gasteiger partial charge in [-0.25, -0.2) is 0 Å². The van der Waals surface area contributed by atoms with Crippen molar-refractivity contribution >= 4 is 5.95 Å². The molecule has 7 heteroatoms. The number of hydrogen-bond donors (Lipinski definition) is 3. The molecular formula is C14H20N6O. The highest BCUT2D eigenvalue weighted by Gasteiger charge is 2.30. The van der Waals surface area contributed by atoms with Gasteiger partial charge in [-0.1, -0.05) is 6.92 Å². The molecule has 0 atom stereocenters. The van der Waals surface area contributed by atoms with Crippen molar-refractivity contribution in [3.63, 3.8) is 0 Å². The number of nitrogens with one attached hydrogen (secondary N) is 1. The summed E-state index contributed by atoms with van der Waals surface area (Å²) < 4.78 is 0. The van der Waals surface area contributed by atoms with Crippen molar-refractivity contribution in [3.8, 4) is 17.1 Å². The zero-order valence-electron chi connectivity index (χ0n) is 12.1. The minimum atomic E-state index is 0.113. The van der Waals surface area contributed by atoms with E-state index >= 15 is 0 Å². The van der Waals surface area contributed by atoms with Gasteiger partial charge in [0.05, 0.1) is 6.20 Å². The molecule has 112 valence electrons. The Morgan fingerprint density at radius 2 is 2.14 bits per heavy atom. The molecule has 0 radical (unpaired) electrons. The maximum Gasteiger partial charge on any atom is 0.245 e. The number of aromatic hydroxyl groups is 1. The van der Waals surface area contributed by atoms with E-state index in [0.717, 1.165) is 38.0 Å². The number of aromatic nitrogens is 4. The molecular weight excluding hydrogens is 268 g/mol.